The quantitative estimate of drug-likeness (QED) is 0.658. The van der Waals surface area contributed by atoms with Crippen LogP contribution in [0.5, 0.6) is 0 Å². The third kappa shape index (κ3) is 2.30. The zero-order valence-corrected chi connectivity index (χ0v) is 9.12. The first-order valence-corrected chi connectivity index (χ1v) is 5.69. The highest BCUT2D eigenvalue weighted by Gasteiger charge is 2.35. The van der Waals surface area contributed by atoms with Crippen LogP contribution < -0.4 is 0 Å². The Hall–Kier alpha value is -0.640. The highest BCUT2D eigenvalue weighted by molar-refractivity contribution is 5.79. The molecule has 0 saturated carbocycles. The van der Waals surface area contributed by atoms with Crippen molar-refractivity contribution in [2.75, 3.05) is 26.3 Å². The van der Waals surface area contributed by atoms with Crippen molar-refractivity contribution in [3.63, 3.8) is 0 Å². The van der Waals surface area contributed by atoms with Gasteiger partial charge in [0.2, 0.25) is 5.91 Å². The maximum atomic E-state index is 13.3. The molecule has 2 rings (SSSR count). The summed E-state index contributed by atoms with van der Waals surface area (Å²) in [5, 5.41) is 0. The largest absolute Gasteiger partial charge is 0.381 e. The molecule has 0 bridgehead atoms. The molecule has 2 fully saturated rings. The minimum absolute atomic E-state index is 0.00575. The van der Waals surface area contributed by atoms with Gasteiger partial charge in [-0.25, -0.2) is 4.39 Å². The van der Waals surface area contributed by atoms with Crippen LogP contribution in [0.3, 0.4) is 0 Å². The van der Waals surface area contributed by atoms with Crippen LogP contribution in [0.15, 0.2) is 0 Å². The van der Waals surface area contributed by atoms with Gasteiger partial charge in [-0.05, 0) is 12.8 Å². The van der Waals surface area contributed by atoms with Crippen molar-refractivity contribution in [3.8, 4) is 0 Å². The van der Waals surface area contributed by atoms with Crippen LogP contribution in [0.1, 0.15) is 19.8 Å². The lowest BCUT2D eigenvalue weighted by Gasteiger charge is -2.26. The Balaban J connectivity index is 1.90. The summed E-state index contributed by atoms with van der Waals surface area (Å²) < 4.78 is 18.5. The summed E-state index contributed by atoms with van der Waals surface area (Å²) in [4.78, 5) is 13.7. The number of rotatable bonds is 1. The fraction of sp³-hybridized carbons (Fsp3) is 0.909. The van der Waals surface area contributed by atoms with E-state index in [1.807, 2.05) is 6.92 Å². The number of alkyl halides is 1. The van der Waals surface area contributed by atoms with E-state index in [9.17, 15) is 9.18 Å². The van der Waals surface area contributed by atoms with E-state index in [0.29, 0.717) is 19.8 Å². The Morgan fingerprint density at radius 1 is 1.33 bits per heavy atom. The molecule has 1 amide bonds. The van der Waals surface area contributed by atoms with E-state index in [0.717, 1.165) is 12.8 Å². The van der Waals surface area contributed by atoms with E-state index < -0.39 is 6.17 Å². The molecule has 0 unspecified atom stereocenters. The lowest BCUT2D eigenvalue weighted by Crippen LogP contribution is -2.37. The topological polar surface area (TPSA) is 29.5 Å². The first-order chi connectivity index (χ1) is 7.18. The second-order valence-electron chi connectivity index (χ2n) is 4.62. The van der Waals surface area contributed by atoms with E-state index >= 15 is 0 Å². The van der Waals surface area contributed by atoms with Crippen molar-refractivity contribution in [1.29, 1.82) is 0 Å². The summed E-state index contributed by atoms with van der Waals surface area (Å²) in [6.07, 6.45) is 0.746. The first-order valence-electron chi connectivity index (χ1n) is 5.69. The molecule has 0 aromatic heterocycles. The van der Waals surface area contributed by atoms with Gasteiger partial charge in [0.1, 0.15) is 6.17 Å². The lowest BCUT2D eigenvalue weighted by molar-refractivity contribution is -0.137. The number of likely N-dealkylation sites (tertiary alicyclic amines) is 1. The van der Waals surface area contributed by atoms with Gasteiger partial charge in [-0.2, -0.15) is 0 Å². The van der Waals surface area contributed by atoms with Crippen LogP contribution >= 0.6 is 0 Å². The summed E-state index contributed by atoms with van der Waals surface area (Å²) in [5.41, 5.74) is 0. The zero-order chi connectivity index (χ0) is 10.8. The molecule has 0 N–H and O–H groups in total. The molecule has 3 nitrogen and oxygen atoms in total. The van der Waals surface area contributed by atoms with Gasteiger partial charge < -0.3 is 9.64 Å². The average Bonchev–Trinajstić information content (AvgIpc) is 2.59. The Morgan fingerprint density at radius 3 is 2.53 bits per heavy atom. The van der Waals surface area contributed by atoms with Crippen LogP contribution in [-0.2, 0) is 9.53 Å². The molecule has 2 aliphatic heterocycles. The predicted octanol–water partition coefficient (Wildman–Crippen LogP) is 1.23. The van der Waals surface area contributed by atoms with E-state index in [1.165, 1.54) is 0 Å². The van der Waals surface area contributed by atoms with Gasteiger partial charge in [-0.15, -0.1) is 0 Å². The summed E-state index contributed by atoms with van der Waals surface area (Å²) in [7, 11) is 0. The molecule has 15 heavy (non-hydrogen) atoms. The summed E-state index contributed by atoms with van der Waals surface area (Å²) >= 11 is 0. The number of amides is 1. The van der Waals surface area contributed by atoms with E-state index in [4.69, 9.17) is 4.74 Å². The molecule has 2 atom stereocenters. The summed E-state index contributed by atoms with van der Waals surface area (Å²) in [5.74, 6) is 0.190. The first kappa shape index (κ1) is 10.9. The molecule has 2 saturated heterocycles. The predicted molar refractivity (Wildman–Crippen MR) is 54.2 cm³/mol. The molecule has 0 radical (unpaired) electrons. The molecule has 86 valence electrons. The number of ether oxygens (including phenoxy) is 1. The van der Waals surface area contributed by atoms with Gasteiger partial charge in [0.05, 0.1) is 6.54 Å². The fourth-order valence-corrected chi connectivity index (χ4v) is 2.31. The molecule has 4 heteroatoms. The average molecular weight is 215 g/mol. The monoisotopic (exact) mass is 215 g/mol. The van der Waals surface area contributed by atoms with E-state index in [2.05, 4.69) is 0 Å². The highest BCUT2D eigenvalue weighted by atomic mass is 19.1. The number of nitrogens with zero attached hydrogens (tertiary/aromatic N) is 1. The highest BCUT2D eigenvalue weighted by Crippen LogP contribution is 2.24. The minimum Gasteiger partial charge on any atom is -0.381 e. The number of halogens is 1. The van der Waals surface area contributed by atoms with Gasteiger partial charge >= 0.3 is 0 Å². The van der Waals surface area contributed by atoms with Crippen molar-refractivity contribution < 1.29 is 13.9 Å². The van der Waals surface area contributed by atoms with Crippen LogP contribution in [0, 0.1) is 11.8 Å². The number of carbonyl (C=O) groups is 1. The maximum absolute atomic E-state index is 13.3. The van der Waals surface area contributed by atoms with Crippen LogP contribution in [0.4, 0.5) is 4.39 Å². The fourth-order valence-electron chi connectivity index (χ4n) is 2.31. The third-order valence-electron chi connectivity index (χ3n) is 3.40. The molecule has 0 aliphatic carbocycles. The molecule has 2 heterocycles. The molecular formula is C11H18FNO2. The van der Waals surface area contributed by atoms with Crippen molar-refractivity contribution >= 4 is 5.91 Å². The Labute approximate surface area is 89.6 Å². The Bertz CT molecular complexity index is 231. The molecule has 0 spiro atoms. The van der Waals surface area contributed by atoms with E-state index in [1.54, 1.807) is 4.90 Å². The maximum Gasteiger partial charge on any atom is 0.225 e. The van der Waals surface area contributed by atoms with Crippen molar-refractivity contribution in [1.82, 2.24) is 4.90 Å². The van der Waals surface area contributed by atoms with Gasteiger partial charge in [0.25, 0.3) is 0 Å². The van der Waals surface area contributed by atoms with Crippen molar-refractivity contribution in [2.45, 2.75) is 25.9 Å². The zero-order valence-electron chi connectivity index (χ0n) is 9.12. The van der Waals surface area contributed by atoms with Crippen LogP contribution in [0.25, 0.3) is 0 Å². The number of hydrogen-bond acceptors (Lipinski definition) is 2. The SMILES string of the molecule is C[C@@H]1CN(C(=O)C2CCOCC2)C[C@@H]1F. The summed E-state index contributed by atoms with van der Waals surface area (Å²) in [6, 6.07) is 0. The van der Waals surface area contributed by atoms with Crippen molar-refractivity contribution in [3.05, 3.63) is 0 Å². The lowest BCUT2D eigenvalue weighted by atomic mass is 9.99. The molecule has 0 aromatic rings. The van der Waals surface area contributed by atoms with Gasteiger partial charge in [0, 0.05) is 31.6 Å². The normalized spacial score (nSPS) is 33.3. The Kier molecular flexibility index (Phi) is 3.24. The summed E-state index contributed by atoms with van der Waals surface area (Å²) in [6.45, 7) is 4.06. The van der Waals surface area contributed by atoms with Gasteiger partial charge in [0.15, 0.2) is 0 Å². The molecule has 0 aromatic carbocycles. The standard InChI is InChI=1S/C11H18FNO2/c1-8-6-13(7-10(8)12)11(14)9-2-4-15-5-3-9/h8-10H,2-7H2,1H3/t8-,10+/m1/s1. The van der Waals surface area contributed by atoms with Crippen LogP contribution in [0.2, 0.25) is 0 Å². The minimum atomic E-state index is -0.839. The van der Waals surface area contributed by atoms with Gasteiger partial charge in [-0.1, -0.05) is 6.92 Å². The van der Waals surface area contributed by atoms with Gasteiger partial charge in [-0.3, -0.25) is 4.79 Å². The Morgan fingerprint density at radius 2 is 2.00 bits per heavy atom. The third-order valence-corrected chi connectivity index (χ3v) is 3.40. The molecule has 2 aliphatic rings. The number of carbonyl (C=O) groups excluding carboxylic acids is 1. The van der Waals surface area contributed by atoms with Crippen molar-refractivity contribution in [2.24, 2.45) is 11.8 Å². The smallest absolute Gasteiger partial charge is 0.225 e. The second kappa shape index (κ2) is 4.47. The molecular weight excluding hydrogens is 197 g/mol. The number of hydrogen-bond donors (Lipinski definition) is 0. The van der Waals surface area contributed by atoms with Crippen LogP contribution in [-0.4, -0.2) is 43.3 Å². The second-order valence-corrected chi connectivity index (χ2v) is 4.62. The van der Waals surface area contributed by atoms with E-state index in [-0.39, 0.29) is 24.3 Å².